The number of halogens is 1. The molecule has 2 atom stereocenters. The van der Waals surface area contributed by atoms with Crippen LogP contribution in [-0.2, 0) is 0 Å². The number of nitrogens with zero attached hydrogens (tertiary/aromatic N) is 4. The summed E-state index contributed by atoms with van der Waals surface area (Å²) in [6.45, 7) is 0. The molecule has 0 fully saturated rings. The standard InChI is InChI=1S/C33H21ClN4S/c34-33-36-31(35-32(37-33)21-15-17-26-25-11-5-7-13-29(25)39-30(26)19-21)20-14-16-24-23-10-4-6-12-27(23)38(28(24)18-20)22-8-2-1-3-9-22/h1-19,26,30H. The fourth-order valence-electron chi connectivity index (χ4n) is 5.77. The minimum absolute atomic E-state index is 0.192. The van der Waals surface area contributed by atoms with Gasteiger partial charge in [-0.2, -0.15) is 9.97 Å². The second kappa shape index (κ2) is 8.94. The van der Waals surface area contributed by atoms with Gasteiger partial charge in [-0.15, -0.1) is 11.8 Å². The van der Waals surface area contributed by atoms with Crippen LogP contribution in [0, 0.1) is 0 Å². The van der Waals surface area contributed by atoms with Gasteiger partial charge in [-0.3, -0.25) is 0 Å². The first-order valence-corrected chi connectivity index (χ1v) is 14.2. The minimum atomic E-state index is 0.192. The fraction of sp³-hybridized carbons (Fsp3) is 0.0606. The van der Waals surface area contributed by atoms with Crippen molar-refractivity contribution < 1.29 is 0 Å². The summed E-state index contributed by atoms with van der Waals surface area (Å²) in [5, 5.41) is 2.90. The Morgan fingerprint density at radius 2 is 1.49 bits per heavy atom. The Kier molecular flexibility index (Phi) is 5.22. The molecule has 0 saturated heterocycles. The van der Waals surface area contributed by atoms with E-state index in [0.29, 0.717) is 22.8 Å². The average Bonchev–Trinajstić information content (AvgIpc) is 3.52. The number of fused-ring (bicyclic) bond motifs is 6. The van der Waals surface area contributed by atoms with Crippen LogP contribution in [0.5, 0.6) is 0 Å². The van der Waals surface area contributed by atoms with Crippen molar-refractivity contribution in [3.8, 4) is 17.1 Å². The zero-order chi connectivity index (χ0) is 25.9. The number of hydrogen-bond acceptors (Lipinski definition) is 4. The van der Waals surface area contributed by atoms with Crippen LogP contribution in [0.25, 0.3) is 44.5 Å². The molecule has 1 aliphatic carbocycles. The molecule has 8 rings (SSSR count). The molecule has 0 spiro atoms. The number of rotatable bonds is 3. The van der Waals surface area contributed by atoms with Crippen LogP contribution in [0.2, 0.25) is 5.28 Å². The topological polar surface area (TPSA) is 43.6 Å². The molecule has 2 unspecified atom stereocenters. The van der Waals surface area contributed by atoms with Crippen LogP contribution in [0.4, 0.5) is 0 Å². The lowest BCUT2D eigenvalue weighted by Crippen LogP contribution is -2.10. The molecule has 0 radical (unpaired) electrons. The van der Waals surface area contributed by atoms with Crippen LogP contribution >= 0.6 is 23.4 Å². The zero-order valence-electron chi connectivity index (χ0n) is 20.7. The maximum absolute atomic E-state index is 6.49. The van der Waals surface area contributed by atoms with E-state index in [9.17, 15) is 0 Å². The van der Waals surface area contributed by atoms with Crippen LogP contribution in [0.1, 0.15) is 17.3 Å². The third kappa shape index (κ3) is 3.73. The van der Waals surface area contributed by atoms with Gasteiger partial charge in [-0.1, -0.05) is 85.0 Å². The van der Waals surface area contributed by atoms with Crippen LogP contribution in [0.3, 0.4) is 0 Å². The first kappa shape index (κ1) is 22.8. The molecule has 186 valence electrons. The molecular formula is C33H21ClN4S. The molecule has 4 nitrogen and oxygen atoms in total. The largest absolute Gasteiger partial charge is 0.309 e. The van der Waals surface area contributed by atoms with Crippen molar-refractivity contribution in [2.45, 2.75) is 16.1 Å². The second-order valence-electron chi connectivity index (χ2n) is 9.80. The van der Waals surface area contributed by atoms with E-state index in [4.69, 9.17) is 16.6 Å². The first-order chi connectivity index (χ1) is 19.2. The van der Waals surface area contributed by atoms with Gasteiger partial charge in [0, 0.05) is 43.7 Å². The van der Waals surface area contributed by atoms with Crippen molar-refractivity contribution >= 4 is 50.7 Å². The van der Waals surface area contributed by atoms with E-state index in [1.54, 1.807) is 0 Å². The summed E-state index contributed by atoms with van der Waals surface area (Å²) < 4.78 is 2.29. The molecule has 3 heterocycles. The minimum Gasteiger partial charge on any atom is -0.309 e. The molecule has 6 heteroatoms. The third-order valence-electron chi connectivity index (χ3n) is 7.53. The molecule has 2 aromatic heterocycles. The van der Waals surface area contributed by atoms with E-state index in [2.05, 4.69) is 124 Å². The lowest BCUT2D eigenvalue weighted by atomic mass is 9.90. The maximum Gasteiger partial charge on any atom is 0.226 e. The van der Waals surface area contributed by atoms with E-state index in [1.165, 1.54) is 21.2 Å². The maximum atomic E-state index is 6.49. The molecule has 0 saturated carbocycles. The fourth-order valence-corrected chi connectivity index (χ4v) is 7.32. The van der Waals surface area contributed by atoms with E-state index >= 15 is 0 Å². The molecule has 0 bridgehead atoms. The van der Waals surface area contributed by atoms with E-state index in [-0.39, 0.29) is 5.28 Å². The van der Waals surface area contributed by atoms with Crippen LogP contribution in [-0.4, -0.2) is 24.8 Å². The van der Waals surface area contributed by atoms with E-state index in [1.807, 2.05) is 17.8 Å². The number of benzene rings is 4. The Labute approximate surface area is 234 Å². The van der Waals surface area contributed by atoms with Crippen molar-refractivity contribution in [3.05, 3.63) is 132 Å². The Bertz CT molecular complexity index is 1980. The summed E-state index contributed by atoms with van der Waals surface area (Å²) in [6.07, 6.45) is 6.65. The highest BCUT2D eigenvalue weighted by Crippen LogP contribution is 2.49. The predicted octanol–water partition coefficient (Wildman–Crippen LogP) is 8.50. The predicted molar refractivity (Wildman–Crippen MR) is 161 cm³/mol. The summed E-state index contributed by atoms with van der Waals surface area (Å²) in [7, 11) is 0. The first-order valence-electron chi connectivity index (χ1n) is 12.9. The Balaban J connectivity index is 1.24. The van der Waals surface area contributed by atoms with Crippen LogP contribution < -0.4 is 0 Å². The van der Waals surface area contributed by atoms with Gasteiger partial charge < -0.3 is 4.57 Å². The van der Waals surface area contributed by atoms with Gasteiger partial charge in [0.25, 0.3) is 0 Å². The third-order valence-corrected chi connectivity index (χ3v) is 9.03. The lowest BCUT2D eigenvalue weighted by molar-refractivity contribution is 0.880. The molecular weight excluding hydrogens is 520 g/mol. The van der Waals surface area contributed by atoms with Crippen molar-refractivity contribution in [1.29, 1.82) is 0 Å². The highest BCUT2D eigenvalue weighted by molar-refractivity contribution is 8.00. The Morgan fingerprint density at radius 3 is 2.41 bits per heavy atom. The molecule has 1 aliphatic heterocycles. The molecule has 0 N–H and O–H groups in total. The summed E-state index contributed by atoms with van der Waals surface area (Å²) in [5.41, 5.74) is 6.62. The SMILES string of the molecule is Clc1nc(C2=CC3Sc4ccccc4C3C=C2)nc(-c2ccc3c4ccccc4n(-c4ccccc4)c3c2)n1. The van der Waals surface area contributed by atoms with Gasteiger partial charge in [-0.05, 0) is 47.5 Å². The summed E-state index contributed by atoms with van der Waals surface area (Å²) in [6, 6.07) is 33.9. The molecule has 39 heavy (non-hydrogen) atoms. The second-order valence-corrected chi connectivity index (χ2v) is 11.4. The Hall–Kier alpha value is -4.19. The quantitative estimate of drug-likeness (QED) is 0.226. The lowest BCUT2D eigenvalue weighted by Gasteiger charge is -2.18. The van der Waals surface area contributed by atoms with Crippen LogP contribution in [0.15, 0.2) is 120 Å². The van der Waals surface area contributed by atoms with E-state index < -0.39 is 0 Å². The van der Waals surface area contributed by atoms with Gasteiger partial charge >= 0.3 is 0 Å². The number of aromatic nitrogens is 4. The summed E-state index contributed by atoms with van der Waals surface area (Å²) >= 11 is 8.38. The monoisotopic (exact) mass is 540 g/mol. The smallest absolute Gasteiger partial charge is 0.226 e. The van der Waals surface area contributed by atoms with Gasteiger partial charge in [0.05, 0.1) is 11.0 Å². The summed E-state index contributed by atoms with van der Waals surface area (Å²) in [5.74, 6) is 1.53. The van der Waals surface area contributed by atoms with Crippen molar-refractivity contribution in [2.75, 3.05) is 0 Å². The highest BCUT2D eigenvalue weighted by Gasteiger charge is 2.32. The molecule has 2 aliphatic rings. The zero-order valence-corrected chi connectivity index (χ0v) is 22.3. The van der Waals surface area contributed by atoms with Gasteiger partial charge in [-0.25, -0.2) is 4.98 Å². The Morgan fingerprint density at radius 1 is 0.718 bits per heavy atom. The molecule has 6 aromatic rings. The van der Waals surface area contributed by atoms with Crippen molar-refractivity contribution in [3.63, 3.8) is 0 Å². The van der Waals surface area contributed by atoms with Crippen molar-refractivity contribution in [2.24, 2.45) is 0 Å². The number of thioether (sulfide) groups is 1. The average molecular weight is 541 g/mol. The van der Waals surface area contributed by atoms with Crippen molar-refractivity contribution in [1.82, 2.24) is 19.5 Å². The number of hydrogen-bond donors (Lipinski definition) is 0. The number of para-hydroxylation sites is 2. The molecule has 0 amide bonds. The van der Waals surface area contributed by atoms with E-state index in [0.717, 1.165) is 27.9 Å². The highest BCUT2D eigenvalue weighted by atomic mass is 35.5. The van der Waals surface area contributed by atoms with Gasteiger partial charge in [0.1, 0.15) is 0 Å². The summed E-state index contributed by atoms with van der Waals surface area (Å²) in [4.78, 5) is 15.3. The normalized spacial score (nSPS) is 17.8. The van der Waals surface area contributed by atoms with Gasteiger partial charge in [0.15, 0.2) is 11.6 Å². The number of allylic oxidation sites excluding steroid dienone is 3. The molecule has 4 aromatic carbocycles. The van der Waals surface area contributed by atoms with Gasteiger partial charge in [0.2, 0.25) is 5.28 Å².